The zero-order valence-corrected chi connectivity index (χ0v) is 26.6. The van der Waals surface area contributed by atoms with Crippen LogP contribution in [-0.4, -0.2) is 59.3 Å². The summed E-state index contributed by atoms with van der Waals surface area (Å²) >= 11 is 0. The van der Waals surface area contributed by atoms with E-state index in [2.05, 4.69) is 12.2 Å². The van der Waals surface area contributed by atoms with Crippen molar-refractivity contribution >= 4 is 23.6 Å². The molecule has 0 bridgehead atoms. The van der Waals surface area contributed by atoms with Crippen molar-refractivity contribution in [2.24, 2.45) is 5.92 Å². The Bertz CT molecular complexity index is 907. The zero-order chi connectivity index (χ0) is 31.2. The van der Waals surface area contributed by atoms with Gasteiger partial charge in [0.25, 0.3) is 0 Å². The summed E-state index contributed by atoms with van der Waals surface area (Å²) in [7, 11) is 1.60. The van der Waals surface area contributed by atoms with Gasteiger partial charge in [0.05, 0.1) is 25.2 Å². The molecular weight excluding hydrogens is 532 g/mol. The molecule has 0 aliphatic rings. The van der Waals surface area contributed by atoms with Gasteiger partial charge in [0.1, 0.15) is 6.04 Å². The first-order chi connectivity index (χ1) is 20.2. The number of unbranched alkanes of at least 4 members (excludes halogenated alkanes) is 12. The Kier molecular flexibility index (Phi) is 20.2. The third-order valence-corrected chi connectivity index (χ3v) is 7.82. The van der Waals surface area contributed by atoms with Crippen molar-refractivity contribution < 1.29 is 29.0 Å². The Balaban J connectivity index is 2.50. The molecular formula is C34H56N2O6. The number of carboxylic acid groups (broad SMARTS) is 1. The number of benzene rings is 1. The summed E-state index contributed by atoms with van der Waals surface area (Å²) in [5.74, 6) is -2.91. The SMILES string of the molecule is CCCCCCCCCCCCCCCC(=O)N(C)[C@H](COCc1ccccc1)C(=O)N[C@H](C)C(=O)C[C@@H](C)C(=O)O. The summed E-state index contributed by atoms with van der Waals surface area (Å²) in [5, 5.41) is 11.8. The summed E-state index contributed by atoms with van der Waals surface area (Å²) < 4.78 is 5.82. The highest BCUT2D eigenvalue weighted by Crippen LogP contribution is 2.14. The van der Waals surface area contributed by atoms with E-state index in [-0.39, 0.29) is 31.3 Å². The highest BCUT2D eigenvalue weighted by Gasteiger charge is 2.30. The minimum atomic E-state index is -1.06. The fourth-order valence-corrected chi connectivity index (χ4v) is 4.83. The number of Topliss-reactive ketones (excluding diaryl/α,β-unsaturated/α-hetero) is 1. The minimum absolute atomic E-state index is 0.0198. The van der Waals surface area contributed by atoms with E-state index in [0.717, 1.165) is 24.8 Å². The second kappa shape index (κ2) is 22.8. The Morgan fingerprint density at radius 3 is 1.88 bits per heavy atom. The molecule has 0 aliphatic heterocycles. The second-order valence-corrected chi connectivity index (χ2v) is 11.7. The van der Waals surface area contributed by atoms with Crippen LogP contribution in [0, 0.1) is 5.92 Å². The average Bonchev–Trinajstić information content (AvgIpc) is 2.97. The predicted molar refractivity (Wildman–Crippen MR) is 167 cm³/mol. The maximum atomic E-state index is 13.2. The van der Waals surface area contributed by atoms with Crippen LogP contribution in [0.4, 0.5) is 0 Å². The molecule has 42 heavy (non-hydrogen) atoms. The van der Waals surface area contributed by atoms with Crippen molar-refractivity contribution in [3.8, 4) is 0 Å². The first kappa shape index (κ1) is 37.3. The van der Waals surface area contributed by atoms with E-state index >= 15 is 0 Å². The molecule has 0 unspecified atom stereocenters. The number of carboxylic acids is 1. The molecule has 0 radical (unpaired) electrons. The smallest absolute Gasteiger partial charge is 0.306 e. The molecule has 0 fully saturated rings. The summed E-state index contributed by atoms with van der Waals surface area (Å²) in [6, 6.07) is 7.77. The van der Waals surface area contributed by atoms with Gasteiger partial charge in [0, 0.05) is 19.9 Å². The van der Waals surface area contributed by atoms with Gasteiger partial charge in [0.2, 0.25) is 11.8 Å². The molecule has 0 aliphatic carbocycles. The van der Waals surface area contributed by atoms with Crippen molar-refractivity contribution in [2.75, 3.05) is 13.7 Å². The molecule has 0 saturated carbocycles. The van der Waals surface area contributed by atoms with Crippen molar-refractivity contribution in [1.82, 2.24) is 10.2 Å². The molecule has 2 amide bonds. The monoisotopic (exact) mass is 588 g/mol. The Morgan fingerprint density at radius 2 is 1.36 bits per heavy atom. The van der Waals surface area contributed by atoms with Gasteiger partial charge in [-0.25, -0.2) is 0 Å². The van der Waals surface area contributed by atoms with Crippen LogP contribution in [0.3, 0.4) is 0 Å². The topological polar surface area (TPSA) is 113 Å². The summed E-state index contributed by atoms with van der Waals surface area (Å²) in [6.45, 7) is 5.50. The normalized spacial score (nSPS) is 13.2. The van der Waals surface area contributed by atoms with Gasteiger partial charge in [-0.2, -0.15) is 0 Å². The van der Waals surface area contributed by atoms with Gasteiger partial charge in [0.15, 0.2) is 5.78 Å². The molecule has 1 aromatic rings. The molecule has 238 valence electrons. The van der Waals surface area contributed by atoms with E-state index in [4.69, 9.17) is 9.84 Å². The maximum Gasteiger partial charge on any atom is 0.306 e. The van der Waals surface area contributed by atoms with Gasteiger partial charge in [-0.05, 0) is 18.9 Å². The van der Waals surface area contributed by atoms with Crippen LogP contribution in [0.5, 0.6) is 0 Å². The highest BCUT2D eigenvalue weighted by molar-refractivity contribution is 5.93. The van der Waals surface area contributed by atoms with Crippen molar-refractivity contribution in [3.63, 3.8) is 0 Å². The number of hydrogen-bond acceptors (Lipinski definition) is 5. The largest absolute Gasteiger partial charge is 0.481 e. The lowest BCUT2D eigenvalue weighted by Gasteiger charge is -2.28. The molecule has 3 atom stereocenters. The quantitative estimate of drug-likeness (QED) is 0.123. The van der Waals surface area contributed by atoms with Gasteiger partial charge in [-0.1, -0.05) is 121 Å². The molecule has 8 nitrogen and oxygen atoms in total. The third kappa shape index (κ3) is 16.6. The van der Waals surface area contributed by atoms with Crippen LogP contribution >= 0.6 is 0 Å². The van der Waals surface area contributed by atoms with Gasteiger partial charge in [-0.15, -0.1) is 0 Å². The Morgan fingerprint density at radius 1 is 0.833 bits per heavy atom. The van der Waals surface area contributed by atoms with Gasteiger partial charge in [-0.3, -0.25) is 19.2 Å². The van der Waals surface area contributed by atoms with Crippen LogP contribution in [0.25, 0.3) is 0 Å². The first-order valence-electron chi connectivity index (χ1n) is 16.1. The minimum Gasteiger partial charge on any atom is -0.481 e. The molecule has 0 aromatic heterocycles. The molecule has 2 N–H and O–H groups in total. The zero-order valence-electron chi connectivity index (χ0n) is 26.6. The van der Waals surface area contributed by atoms with E-state index in [1.54, 1.807) is 7.05 Å². The first-order valence-corrected chi connectivity index (χ1v) is 16.1. The number of nitrogens with zero attached hydrogens (tertiary/aromatic N) is 1. The molecule has 1 rings (SSSR count). The van der Waals surface area contributed by atoms with E-state index in [9.17, 15) is 19.2 Å². The fourth-order valence-electron chi connectivity index (χ4n) is 4.83. The van der Waals surface area contributed by atoms with Crippen molar-refractivity contribution in [1.29, 1.82) is 0 Å². The molecule has 0 heterocycles. The van der Waals surface area contributed by atoms with Gasteiger partial charge < -0.3 is 20.1 Å². The van der Waals surface area contributed by atoms with Crippen LogP contribution in [0.1, 0.15) is 123 Å². The van der Waals surface area contributed by atoms with Crippen molar-refractivity contribution in [2.45, 2.75) is 136 Å². The van der Waals surface area contributed by atoms with Crippen LogP contribution in [0.2, 0.25) is 0 Å². The lowest BCUT2D eigenvalue weighted by Crippen LogP contribution is -2.53. The number of carbonyl (C=O) groups excluding carboxylic acids is 3. The number of aliphatic carboxylic acids is 1. The predicted octanol–water partition coefficient (Wildman–Crippen LogP) is 6.70. The summed E-state index contributed by atoms with van der Waals surface area (Å²) in [4.78, 5) is 51.2. The number of amides is 2. The number of hydrogen-bond donors (Lipinski definition) is 2. The molecule has 1 aromatic carbocycles. The number of ether oxygens (including phenoxy) is 1. The standard InChI is InChI=1S/C34H56N2O6/c1-5-6-7-8-9-10-11-12-13-14-15-16-20-23-32(38)36(4)30(26-42-25-29-21-18-17-19-22-29)33(39)35-28(3)31(37)24-27(2)34(40)41/h17-19,21-22,27-28,30H,5-16,20,23-26H2,1-4H3,(H,35,39)(H,40,41)/t27-,28-,30-/m1/s1. The van der Waals surface area contributed by atoms with Gasteiger partial charge >= 0.3 is 5.97 Å². The van der Waals surface area contributed by atoms with Crippen LogP contribution in [0.15, 0.2) is 30.3 Å². The van der Waals surface area contributed by atoms with E-state index < -0.39 is 29.9 Å². The van der Waals surface area contributed by atoms with E-state index in [1.165, 1.54) is 83.0 Å². The van der Waals surface area contributed by atoms with Crippen LogP contribution in [-0.2, 0) is 30.5 Å². The number of rotatable bonds is 25. The lowest BCUT2D eigenvalue weighted by atomic mass is 10.0. The number of likely N-dealkylation sites (N-methyl/N-ethyl adjacent to an activating group) is 1. The number of ketones is 1. The van der Waals surface area contributed by atoms with E-state index in [1.807, 2.05) is 30.3 Å². The number of carbonyl (C=O) groups is 4. The fraction of sp³-hybridized carbons (Fsp3) is 0.706. The average molecular weight is 589 g/mol. The lowest BCUT2D eigenvalue weighted by molar-refractivity contribution is -0.144. The molecule has 0 saturated heterocycles. The van der Waals surface area contributed by atoms with Crippen molar-refractivity contribution in [3.05, 3.63) is 35.9 Å². The van der Waals surface area contributed by atoms with Crippen LogP contribution < -0.4 is 5.32 Å². The maximum absolute atomic E-state index is 13.2. The molecule has 0 spiro atoms. The Labute approximate surface area is 254 Å². The second-order valence-electron chi connectivity index (χ2n) is 11.7. The number of nitrogens with one attached hydrogen (secondary N) is 1. The summed E-state index contributed by atoms with van der Waals surface area (Å²) in [6.07, 6.45) is 16.1. The summed E-state index contributed by atoms with van der Waals surface area (Å²) in [5.41, 5.74) is 0.948. The molecule has 8 heteroatoms. The Hall–Kier alpha value is -2.74. The third-order valence-electron chi connectivity index (χ3n) is 7.82. The highest BCUT2D eigenvalue weighted by atomic mass is 16.5. The van der Waals surface area contributed by atoms with E-state index in [0.29, 0.717) is 6.42 Å².